The largest absolute Gasteiger partial charge is 0.347 e. The number of rotatable bonds is 4. The Hall–Kier alpha value is -2.91. The Morgan fingerprint density at radius 2 is 2.13 bits per heavy atom. The number of thiazole rings is 1. The summed E-state index contributed by atoms with van der Waals surface area (Å²) < 4.78 is 1.77. The SMILES string of the molecule is C#Cc1nc(C(=O)NCc2ccc(-c3ccn(C)n3)cc2)cs1. The highest BCUT2D eigenvalue weighted by Gasteiger charge is 2.09. The van der Waals surface area contributed by atoms with E-state index >= 15 is 0 Å². The van der Waals surface area contributed by atoms with Gasteiger partial charge < -0.3 is 5.32 Å². The number of nitrogens with zero attached hydrogens (tertiary/aromatic N) is 3. The van der Waals surface area contributed by atoms with Gasteiger partial charge in [-0.15, -0.1) is 17.8 Å². The molecular formula is C17H14N4OS. The van der Waals surface area contributed by atoms with Crippen LogP contribution in [0, 0.1) is 12.3 Å². The van der Waals surface area contributed by atoms with Crippen molar-refractivity contribution in [2.75, 3.05) is 0 Å². The third kappa shape index (κ3) is 3.47. The van der Waals surface area contributed by atoms with Crippen LogP contribution in [0.3, 0.4) is 0 Å². The van der Waals surface area contributed by atoms with Crippen LogP contribution in [-0.2, 0) is 13.6 Å². The minimum atomic E-state index is -0.225. The van der Waals surface area contributed by atoms with Crippen LogP contribution < -0.4 is 5.32 Å². The second-order valence-corrected chi connectivity index (χ2v) is 5.79. The quantitative estimate of drug-likeness (QED) is 0.751. The highest BCUT2D eigenvalue weighted by molar-refractivity contribution is 7.10. The van der Waals surface area contributed by atoms with Gasteiger partial charge in [-0.1, -0.05) is 24.3 Å². The molecule has 0 saturated carbocycles. The summed E-state index contributed by atoms with van der Waals surface area (Å²) in [5.41, 5.74) is 3.32. The van der Waals surface area contributed by atoms with Crippen molar-refractivity contribution in [3.05, 3.63) is 58.2 Å². The van der Waals surface area contributed by atoms with Gasteiger partial charge in [0, 0.05) is 30.7 Å². The fraction of sp³-hybridized carbons (Fsp3) is 0.118. The zero-order valence-corrected chi connectivity index (χ0v) is 13.3. The summed E-state index contributed by atoms with van der Waals surface area (Å²) in [5.74, 6) is 2.19. The van der Waals surface area contributed by atoms with E-state index in [4.69, 9.17) is 6.42 Å². The molecule has 0 aliphatic heterocycles. The maximum Gasteiger partial charge on any atom is 0.271 e. The molecule has 0 unspecified atom stereocenters. The van der Waals surface area contributed by atoms with Gasteiger partial charge in [-0.3, -0.25) is 9.48 Å². The molecule has 0 spiro atoms. The van der Waals surface area contributed by atoms with Crippen LogP contribution in [0.25, 0.3) is 11.3 Å². The Labute approximate surface area is 138 Å². The van der Waals surface area contributed by atoms with E-state index in [0.717, 1.165) is 16.8 Å². The van der Waals surface area contributed by atoms with Crippen LogP contribution >= 0.6 is 11.3 Å². The van der Waals surface area contributed by atoms with Crippen molar-refractivity contribution in [1.29, 1.82) is 0 Å². The summed E-state index contributed by atoms with van der Waals surface area (Å²) in [6.07, 6.45) is 7.16. The number of amides is 1. The third-order valence-electron chi connectivity index (χ3n) is 3.28. The Balaban J connectivity index is 1.62. The van der Waals surface area contributed by atoms with Gasteiger partial charge in [0.25, 0.3) is 5.91 Å². The predicted octanol–water partition coefficient (Wildman–Crippen LogP) is 2.45. The van der Waals surface area contributed by atoms with Crippen LogP contribution in [0.15, 0.2) is 41.9 Å². The van der Waals surface area contributed by atoms with E-state index in [1.54, 1.807) is 10.1 Å². The monoisotopic (exact) mass is 322 g/mol. The van der Waals surface area contributed by atoms with Crippen LogP contribution in [-0.4, -0.2) is 20.7 Å². The van der Waals surface area contributed by atoms with Gasteiger partial charge in [-0.25, -0.2) is 4.98 Å². The fourth-order valence-electron chi connectivity index (χ4n) is 2.08. The predicted molar refractivity (Wildman–Crippen MR) is 89.9 cm³/mol. The molecule has 3 rings (SSSR count). The molecule has 3 aromatic rings. The lowest BCUT2D eigenvalue weighted by atomic mass is 10.1. The van der Waals surface area contributed by atoms with Crippen LogP contribution in [0.1, 0.15) is 21.1 Å². The first-order valence-corrected chi connectivity index (χ1v) is 7.83. The molecule has 0 aliphatic rings. The molecule has 6 heteroatoms. The molecule has 114 valence electrons. The first kappa shape index (κ1) is 15.0. The molecule has 0 bridgehead atoms. The molecular weight excluding hydrogens is 308 g/mol. The lowest BCUT2D eigenvalue weighted by molar-refractivity contribution is 0.0946. The van der Waals surface area contributed by atoms with Gasteiger partial charge >= 0.3 is 0 Å². The maximum atomic E-state index is 12.0. The number of hydrogen-bond acceptors (Lipinski definition) is 4. The Morgan fingerprint density at radius 1 is 1.35 bits per heavy atom. The number of hydrogen-bond donors (Lipinski definition) is 1. The van der Waals surface area contributed by atoms with E-state index in [0.29, 0.717) is 17.2 Å². The van der Waals surface area contributed by atoms with Gasteiger partial charge in [0.1, 0.15) is 5.69 Å². The summed E-state index contributed by atoms with van der Waals surface area (Å²) in [6.45, 7) is 0.435. The molecule has 1 aromatic carbocycles. The molecule has 0 radical (unpaired) electrons. The molecule has 1 N–H and O–H groups in total. The van der Waals surface area contributed by atoms with E-state index in [9.17, 15) is 4.79 Å². The second-order valence-electron chi connectivity index (χ2n) is 4.94. The van der Waals surface area contributed by atoms with Crippen molar-refractivity contribution in [3.8, 4) is 23.6 Å². The summed E-state index contributed by atoms with van der Waals surface area (Å²) in [6, 6.07) is 9.88. The normalized spacial score (nSPS) is 10.3. The van der Waals surface area contributed by atoms with Crippen molar-refractivity contribution in [1.82, 2.24) is 20.1 Å². The molecule has 23 heavy (non-hydrogen) atoms. The molecule has 5 nitrogen and oxygen atoms in total. The standard InChI is InChI=1S/C17H14N4OS/c1-3-16-19-15(11-23-16)17(22)18-10-12-4-6-13(7-5-12)14-8-9-21(2)20-14/h1,4-9,11H,10H2,2H3,(H,18,22). The highest BCUT2D eigenvalue weighted by atomic mass is 32.1. The number of benzene rings is 1. The van der Waals surface area contributed by atoms with Crippen molar-refractivity contribution >= 4 is 17.2 Å². The summed E-state index contributed by atoms with van der Waals surface area (Å²) in [4.78, 5) is 16.0. The van der Waals surface area contributed by atoms with Gasteiger partial charge in [0.15, 0.2) is 5.01 Å². The minimum Gasteiger partial charge on any atom is -0.347 e. The average Bonchev–Trinajstić information content (AvgIpc) is 3.22. The summed E-state index contributed by atoms with van der Waals surface area (Å²) >= 11 is 1.28. The Kier molecular flexibility index (Phi) is 4.22. The third-order valence-corrected chi connectivity index (χ3v) is 4.05. The number of nitrogens with one attached hydrogen (secondary N) is 1. The molecule has 2 heterocycles. The Morgan fingerprint density at radius 3 is 2.74 bits per heavy atom. The number of aryl methyl sites for hydroxylation is 1. The molecule has 2 aromatic heterocycles. The number of terminal acetylenes is 1. The zero-order valence-electron chi connectivity index (χ0n) is 12.5. The van der Waals surface area contributed by atoms with Crippen LogP contribution in [0.4, 0.5) is 0 Å². The van der Waals surface area contributed by atoms with E-state index in [1.165, 1.54) is 11.3 Å². The van der Waals surface area contributed by atoms with E-state index < -0.39 is 0 Å². The lowest BCUT2D eigenvalue weighted by Crippen LogP contribution is -2.23. The number of carbonyl (C=O) groups is 1. The average molecular weight is 322 g/mol. The van der Waals surface area contributed by atoms with Crippen LogP contribution in [0.5, 0.6) is 0 Å². The van der Waals surface area contributed by atoms with E-state index in [2.05, 4.69) is 21.3 Å². The molecule has 1 amide bonds. The maximum absolute atomic E-state index is 12.0. The van der Waals surface area contributed by atoms with E-state index in [-0.39, 0.29) is 5.91 Å². The fourth-order valence-corrected chi connectivity index (χ4v) is 2.68. The Bertz CT molecular complexity index is 871. The summed E-state index contributed by atoms with van der Waals surface area (Å²) in [7, 11) is 1.89. The van der Waals surface area contributed by atoms with E-state index in [1.807, 2.05) is 43.6 Å². The van der Waals surface area contributed by atoms with Gasteiger partial charge in [-0.05, 0) is 17.6 Å². The first-order valence-electron chi connectivity index (χ1n) is 6.95. The van der Waals surface area contributed by atoms with Crippen molar-refractivity contribution < 1.29 is 4.79 Å². The first-order chi connectivity index (χ1) is 11.2. The molecule has 0 aliphatic carbocycles. The van der Waals surface area contributed by atoms with Crippen molar-refractivity contribution in [2.24, 2.45) is 7.05 Å². The summed E-state index contributed by atoms with van der Waals surface area (Å²) in [5, 5.41) is 9.36. The van der Waals surface area contributed by atoms with Crippen molar-refractivity contribution in [3.63, 3.8) is 0 Å². The lowest BCUT2D eigenvalue weighted by Gasteiger charge is -2.04. The van der Waals surface area contributed by atoms with Crippen LogP contribution in [0.2, 0.25) is 0 Å². The number of aromatic nitrogens is 3. The van der Waals surface area contributed by atoms with Gasteiger partial charge in [-0.2, -0.15) is 5.10 Å². The second kappa shape index (κ2) is 6.46. The van der Waals surface area contributed by atoms with Gasteiger partial charge in [0.05, 0.1) is 5.69 Å². The zero-order chi connectivity index (χ0) is 16.2. The molecule has 0 atom stereocenters. The molecule has 0 fully saturated rings. The van der Waals surface area contributed by atoms with Gasteiger partial charge in [0.2, 0.25) is 0 Å². The topological polar surface area (TPSA) is 59.8 Å². The minimum absolute atomic E-state index is 0.225. The smallest absolute Gasteiger partial charge is 0.271 e. The van der Waals surface area contributed by atoms with Crippen molar-refractivity contribution in [2.45, 2.75) is 6.54 Å². The molecule has 0 saturated heterocycles. The number of carbonyl (C=O) groups excluding carboxylic acids is 1. The highest BCUT2D eigenvalue weighted by Crippen LogP contribution is 2.17.